The summed E-state index contributed by atoms with van der Waals surface area (Å²) in [4.78, 5) is 86.0. The number of hydrogen-bond donors (Lipinski definition) is 4. The Bertz CT molecular complexity index is 1690. The maximum Gasteiger partial charge on any atom is 0.237 e. The first-order valence-corrected chi connectivity index (χ1v) is 15.9. The van der Waals surface area contributed by atoms with E-state index in [4.69, 9.17) is 5.73 Å². The van der Waals surface area contributed by atoms with Crippen LogP contribution in [0.2, 0.25) is 0 Å². The molecule has 0 spiro atoms. The number of aromatic hydroxyl groups is 1. The Morgan fingerprint density at radius 3 is 2.23 bits per heavy atom. The van der Waals surface area contributed by atoms with Gasteiger partial charge in [-0.2, -0.15) is 0 Å². The number of nitrogens with one attached hydrogen (secondary N) is 1. The van der Waals surface area contributed by atoms with Gasteiger partial charge in [0.15, 0.2) is 34.7 Å². The molecule has 13 heteroatoms. The first-order chi connectivity index (χ1) is 22.5. The van der Waals surface area contributed by atoms with E-state index < -0.39 is 76.1 Å². The number of fused-ring (bicyclic) bond motifs is 3. The molecule has 256 valence electrons. The largest absolute Gasteiger partial charge is 0.507 e. The van der Waals surface area contributed by atoms with Crippen LogP contribution in [0.25, 0.3) is 0 Å². The zero-order chi connectivity index (χ0) is 35.4. The lowest BCUT2D eigenvalue weighted by atomic mass is 9.52. The van der Waals surface area contributed by atoms with Crippen LogP contribution in [0.5, 0.6) is 5.75 Å². The van der Waals surface area contributed by atoms with Crippen molar-refractivity contribution >= 4 is 40.6 Å². The van der Waals surface area contributed by atoms with Crippen molar-refractivity contribution in [2.45, 2.75) is 43.5 Å². The van der Waals surface area contributed by atoms with Crippen molar-refractivity contribution in [3.63, 3.8) is 0 Å². The van der Waals surface area contributed by atoms with E-state index in [9.17, 15) is 39.0 Å². The molecule has 0 heterocycles. The second kappa shape index (κ2) is 12.9. The fraction of sp³-hybridized carbons (Fsp3) is 0.486. The molecule has 3 aliphatic carbocycles. The average Bonchev–Trinajstić information content (AvgIpc) is 3.01. The Balaban J connectivity index is 1.51. The van der Waals surface area contributed by atoms with Gasteiger partial charge in [-0.25, -0.2) is 0 Å². The number of aliphatic hydroxyl groups is 1. The molecule has 48 heavy (non-hydrogen) atoms. The minimum atomic E-state index is -2.80. The fourth-order valence-corrected chi connectivity index (χ4v) is 7.89. The molecule has 0 saturated heterocycles. The highest BCUT2D eigenvalue weighted by molar-refractivity contribution is 6.32. The van der Waals surface area contributed by atoms with Gasteiger partial charge in [0.05, 0.1) is 23.6 Å². The Labute approximate surface area is 279 Å². The SMILES string of the molecule is CN(C)c1cc(CNC(=O)C(Cc2ccccc2)N(C)C)c(O)c2c1C[C@H]1C[C@H]3[C@@H](N(C)C)C(=O)C(C(N)=O)C(=O)[C@@]3(O)C(=O)C1C2=O. The number of anilines is 1. The molecule has 0 aliphatic heterocycles. The number of carbonyl (C=O) groups is 6. The molecule has 3 aliphatic rings. The first-order valence-electron chi connectivity index (χ1n) is 15.9. The summed E-state index contributed by atoms with van der Waals surface area (Å²) in [6.07, 6.45) is 0.546. The standard InChI is InChI=1S/C35H43N5O8/c1-38(2)22-15-19(16-37-34(47)23(39(3)4)12-17-10-8-7-9-11-17)28(41)25-20(22)13-18-14-21-27(40(5)6)30(43)26(33(36)46)32(45)35(21,48)31(44)24(18)29(25)42/h7-11,15,18,21,23-24,26-27,41,48H,12-14,16H2,1-6H3,(H2,36,46)(H,37,47)/t18-,21-,23?,24?,26?,27+,35-/m0/s1. The van der Waals surface area contributed by atoms with E-state index in [1.165, 1.54) is 4.90 Å². The van der Waals surface area contributed by atoms with E-state index >= 15 is 0 Å². The number of phenolic OH excluding ortho intramolecular Hbond substituents is 1. The molecule has 2 amide bonds. The number of phenols is 1. The first kappa shape index (κ1) is 34.9. The third-order valence-corrected chi connectivity index (χ3v) is 10.2. The maximum absolute atomic E-state index is 14.3. The summed E-state index contributed by atoms with van der Waals surface area (Å²) in [5.41, 5.74) is 4.77. The minimum Gasteiger partial charge on any atom is -0.507 e. The zero-order valence-electron chi connectivity index (χ0n) is 28.0. The van der Waals surface area contributed by atoms with E-state index in [1.807, 2.05) is 30.3 Å². The van der Waals surface area contributed by atoms with E-state index in [2.05, 4.69) is 5.32 Å². The van der Waals surface area contributed by atoms with Crippen LogP contribution in [0.1, 0.15) is 33.5 Å². The predicted octanol–water partition coefficient (Wildman–Crippen LogP) is -0.278. The summed E-state index contributed by atoms with van der Waals surface area (Å²) in [7, 11) is 10.2. The topological polar surface area (TPSA) is 191 Å². The van der Waals surface area contributed by atoms with Crippen molar-refractivity contribution in [1.29, 1.82) is 0 Å². The molecular formula is C35H43N5O8. The number of likely N-dealkylation sites (N-methyl/N-ethyl adjacent to an activating group) is 2. The molecule has 5 N–H and O–H groups in total. The highest BCUT2D eigenvalue weighted by Crippen LogP contribution is 2.52. The smallest absolute Gasteiger partial charge is 0.237 e. The van der Waals surface area contributed by atoms with Crippen molar-refractivity contribution in [2.75, 3.05) is 47.2 Å². The van der Waals surface area contributed by atoms with Gasteiger partial charge in [0.25, 0.3) is 0 Å². The number of nitrogens with zero attached hydrogens (tertiary/aromatic N) is 3. The summed E-state index contributed by atoms with van der Waals surface area (Å²) >= 11 is 0. The number of hydrogen-bond acceptors (Lipinski definition) is 11. The number of primary amides is 1. The molecule has 5 rings (SSSR count). The third kappa shape index (κ3) is 5.59. The molecule has 2 fully saturated rings. The Kier molecular flexibility index (Phi) is 9.34. The predicted molar refractivity (Wildman–Crippen MR) is 175 cm³/mol. The average molecular weight is 662 g/mol. The lowest BCUT2D eigenvalue weighted by Gasteiger charge is -2.52. The zero-order valence-corrected chi connectivity index (χ0v) is 28.0. The third-order valence-electron chi connectivity index (χ3n) is 10.2. The Morgan fingerprint density at radius 2 is 1.67 bits per heavy atom. The summed E-state index contributed by atoms with van der Waals surface area (Å²) < 4.78 is 0. The molecule has 0 bridgehead atoms. The van der Waals surface area contributed by atoms with Gasteiger partial charge in [0, 0.05) is 37.8 Å². The number of benzene rings is 2. The molecule has 2 aromatic rings. The van der Waals surface area contributed by atoms with Gasteiger partial charge >= 0.3 is 0 Å². The lowest BCUT2D eigenvalue weighted by molar-refractivity contribution is -0.181. The molecule has 2 aromatic carbocycles. The number of amides is 2. The minimum absolute atomic E-state index is 0.0390. The molecule has 13 nitrogen and oxygen atoms in total. The second-order valence-corrected chi connectivity index (χ2v) is 13.8. The molecule has 7 atom stereocenters. The summed E-state index contributed by atoms with van der Waals surface area (Å²) in [6.45, 7) is -0.120. The molecule has 2 saturated carbocycles. The van der Waals surface area contributed by atoms with Crippen molar-refractivity contribution in [3.05, 3.63) is 58.7 Å². The van der Waals surface area contributed by atoms with Gasteiger partial charge < -0.3 is 26.2 Å². The van der Waals surface area contributed by atoms with E-state index in [1.54, 1.807) is 58.2 Å². The van der Waals surface area contributed by atoms with Crippen LogP contribution in [-0.4, -0.2) is 115 Å². The van der Waals surface area contributed by atoms with Crippen molar-refractivity contribution < 1.29 is 39.0 Å². The number of rotatable bonds is 9. The van der Waals surface area contributed by atoms with Crippen LogP contribution in [0.15, 0.2) is 36.4 Å². The Hall–Kier alpha value is -4.46. The van der Waals surface area contributed by atoms with Gasteiger partial charge in [0.1, 0.15) is 5.75 Å². The van der Waals surface area contributed by atoms with Crippen molar-refractivity contribution in [1.82, 2.24) is 15.1 Å². The quantitative estimate of drug-likeness (QED) is 0.259. The molecule has 3 unspecified atom stereocenters. The highest BCUT2D eigenvalue weighted by atomic mass is 16.3. The van der Waals surface area contributed by atoms with Gasteiger partial charge in [-0.1, -0.05) is 30.3 Å². The summed E-state index contributed by atoms with van der Waals surface area (Å²) in [6, 6.07) is 9.54. The van der Waals surface area contributed by atoms with Crippen LogP contribution in [0.4, 0.5) is 5.69 Å². The van der Waals surface area contributed by atoms with Crippen LogP contribution in [-0.2, 0) is 43.4 Å². The fourth-order valence-electron chi connectivity index (χ4n) is 7.89. The van der Waals surface area contributed by atoms with Gasteiger partial charge in [-0.3, -0.25) is 38.6 Å². The van der Waals surface area contributed by atoms with E-state index in [-0.39, 0.29) is 36.4 Å². The van der Waals surface area contributed by atoms with Gasteiger partial charge in [0.2, 0.25) is 11.8 Å². The van der Waals surface area contributed by atoms with Gasteiger partial charge in [-0.15, -0.1) is 0 Å². The molecular weight excluding hydrogens is 618 g/mol. The summed E-state index contributed by atoms with van der Waals surface area (Å²) in [5.74, 6) is -11.4. The van der Waals surface area contributed by atoms with Crippen LogP contribution in [0.3, 0.4) is 0 Å². The molecule has 0 aromatic heterocycles. The van der Waals surface area contributed by atoms with Crippen molar-refractivity contribution in [3.8, 4) is 5.75 Å². The Morgan fingerprint density at radius 1 is 1.02 bits per heavy atom. The highest BCUT2D eigenvalue weighted by Gasteiger charge is 2.69. The van der Waals surface area contributed by atoms with Crippen LogP contribution in [0, 0.1) is 23.7 Å². The van der Waals surface area contributed by atoms with E-state index in [0.29, 0.717) is 17.7 Å². The normalized spacial score (nSPS) is 27.3. The molecule has 0 radical (unpaired) electrons. The van der Waals surface area contributed by atoms with Crippen LogP contribution >= 0.6 is 0 Å². The number of Topliss-reactive ketones (excluding diaryl/α,β-unsaturated/α-hetero) is 4. The number of carbonyl (C=O) groups excluding carboxylic acids is 6. The number of nitrogens with two attached hydrogens (primary N) is 1. The monoisotopic (exact) mass is 661 g/mol. The van der Waals surface area contributed by atoms with Crippen molar-refractivity contribution in [2.24, 2.45) is 29.4 Å². The lowest BCUT2D eigenvalue weighted by Crippen LogP contribution is -2.74. The second-order valence-electron chi connectivity index (χ2n) is 13.8. The number of ketones is 4. The van der Waals surface area contributed by atoms with Crippen LogP contribution < -0.4 is 16.0 Å². The van der Waals surface area contributed by atoms with E-state index in [0.717, 1.165) is 5.56 Å². The maximum atomic E-state index is 14.3. The summed E-state index contributed by atoms with van der Waals surface area (Å²) in [5, 5.41) is 26.3. The van der Waals surface area contributed by atoms with Gasteiger partial charge in [-0.05, 0) is 70.6 Å².